The molecule has 4 aromatic rings. The summed E-state index contributed by atoms with van der Waals surface area (Å²) >= 11 is 1.27. The third-order valence-electron chi connectivity index (χ3n) is 3.83. The van der Waals surface area contributed by atoms with Crippen LogP contribution in [0.5, 0.6) is 0 Å². The summed E-state index contributed by atoms with van der Waals surface area (Å²) in [6.45, 7) is 0. The molecule has 2 heterocycles. The minimum Gasteiger partial charge on any atom is -0.321 e. The highest BCUT2D eigenvalue weighted by atomic mass is 32.1. The summed E-state index contributed by atoms with van der Waals surface area (Å²) in [4.78, 5) is 17.5. The number of nitrogens with one attached hydrogen (secondary N) is 1. The molecule has 5 nitrogen and oxygen atoms in total. The van der Waals surface area contributed by atoms with Gasteiger partial charge in [0.05, 0.1) is 4.88 Å². The average Bonchev–Trinajstić information content (AvgIpc) is 3.35. The fourth-order valence-electron chi connectivity index (χ4n) is 2.52. The third-order valence-corrected chi connectivity index (χ3v) is 4.96. The van der Waals surface area contributed by atoms with E-state index < -0.39 is 5.82 Å². The monoisotopic (exact) mass is 382 g/mol. The molecule has 0 spiro atoms. The SMILES string of the molecule is O=C(Nc1ccc(-n2cncn2)c(F)c1)c1ccc(-c2ccc(F)cc2)s1. The molecule has 0 aliphatic rings. The molecule has 0 radical (unpaired) electrons. The van der Waals surface area contributed by atoms with Crippen molar-refractivity contribution in [3.63, 3.8) is 0 Å². The van der Waals surface area contributed by atoms with Gasteiger partial charge in [-0.2, -0.15) is 5.10 Å². The second-order valence-electron chi connectivity index (χ2n) is 5.63. The van der Waals surface area contributed by atoms with Crippen molar-refractivity contribution < 1.29 is 13.6 Å². The van der Waals surface area contributed by atoms with Crippen LogP contribution >= 0.6 is 11.3 Å². The molecule has 4 rings (SSSR count). The topological polar surface area (TPSA) is 59.8 Å². The van der Waals surface area contributed by atoms with E-state index in [1.807, 2.05) is 0 Å². The van der Waals surface area contributed by atoms with Crippen LogP contribution in [0.2, 0.25) is 0 Å². The minimum atomic E-state index is -0.531. The van der Waals surface area contributed by atoms with Crippen molar-refractivity contribution in [2.45, 2.75) is 0 Å². The van der Waals surface area contributed by atoms with Crippen LogP contribution in [0.3, 0.4) is 0 Å². The van der Waals surface area contributed by atoms with Gasteiger partial charge in [0.25, 0.3) is 5.91 Å². The Morgan fingerprint density at radius 3 is 2.56 bits per heavy atom. The van der Waals surface area contributed by atoms with Gasteiger partial charge in [0, 0.05) is 10.6 Å². The minimum absolute atomic E-state index is 0.236. The molecule has 0 aliphatic heterocycles. The van der Waals surface area contributed by atoms with Crippen LogP contribution in [0.1, 0.15) is 9.67 Å². The Kier molecular flexibility index (Phi) is 4.47. The van der Waals surface area contributed by atoms with Gasteiger partial charge in [-0.15, -0.1) is 11.3 Å². The second-order valence-corrected chi connectivity index (χ2v) is 6.71. The zero-order valence-corrected chi connectivity index (χ0v) is 14.6. The summed E-state index contributed by atoms with van der Waals surface area (Å²) in [5, 5.41) is 6.55. The van der Waals surface area contributed by atoms with Crippen molar-refractivity contribution >= 4 is 22.9 Å². The van der Waals surface area contributed by atoms with Crippen LogP contribution < -0.4 is 5.32 Å². The van der Waals surface area contributed by atoms with E-state index in [0.717, 1.165) is 10.4 Å². The quantitative estimate of drug-likeness (QED) is 0.564. The van der Waals surface area contributed by atoms with E-state index in [0.29, 0.717) is 10.6 Å². The van der Waals surface area contributed by atoms with Crippen LogP contribution in [-0.4, -0.2) is 20.7 Å². The summed E-state index contributed by atoms with van der Waals surface area (Å²) in [6.07, 6.45) is 2.70. The van der Waals surface area contributed by atoms with Crippen molar-refractivity contribution in [2.75, 3.05) is 5.32 Å². The van der Waals surface area contributed by atoms with Crippen LogP contribution in [-0.2, 0) is 0 Å². The van der Waals surface area contributed by atoms with E-state index in [9.17, 15) is 13.6 Å². The maximum atomic E-state index is 14.3. The molecular weight excluding hydrogens is 370 g/mol. The Labute approximate surface area is 156 Å². The number of carbonyl (C=O) groups excluding carboxylic acids is 1. The third kappa shape index (κ3) is 3.61. The lowest BCUT2D eigenvalue weighted by molar-refractivity contribution is 0.103. The lowest BCUT2D eigenvalue weighted by atomic mass is 10.2. The molecule has 8 heteroatoms. The van der Waals surface area contributed by atoms with Gasteiger partial charge in [0.1, 0.15) is 24.2 Å². The average molecular weight is 382 g/mol. The van der Waals surface area contributed by atoms with Gasteiger partial charge >= 0.3 is 0 Å². The van der Waals surface area contributed by atoms with Gasteiger partial charge in [-0.3, -0.25) is 4.79 Å². The fraction of sp³-hybridized carbons (Fsp3) is 0. The Morgan fingerprint density at radius 1 is 1.04 bits per heavy atom. The largest absolute Gasteiger partial charge is 0.321 e. The van der Waals surface area contributed by atoms with E-state index in [1.165, 1.54) is 52.9 Å². The Morgan fingerprint density at radius 2 is 1.85 bits per heavy atom. The molecule has 134 valence electrons. The molecule has 1 N–H and O–H groups in total. The number of aromatic nitrogens is 3. The zero-order valence-electron chi connectivity index (χ0n) is 13.8. The van der Waals surface area contributed by atoms with Crippen molar-refractivity contribution in [3.8, 4) is 16.1 Å². The van der Waals surface area contributed by atoms with Crippen molar-refractivity contribution in [2.24, 2.45) is 0 Å². The zero-order chi connectivity index (χ0) is 18.8. The highest BCUT2D eigenvalue weighted by Gasteiger charge is 2.13. The molecule has 2 aromatic carbocycles. The first-order valence-corrected chi connectivity index (χ1v) is 8.73. The number of hydrogen-bond donors (Lipinski definition) is 1. The molecule has 0 fully saturated rings. The van der Waals surface area contributed by atoms with Crippen LogP contribution in [0, 0.1) is 11.6 Å². The number of thiophene rings is 1. The molecule has 0 bridgehead atoms. The Hall–Kier alpha value is -3.39. The van der Waals surface area contributed by atoms with Crippen LogP contribution in [0.25, 0.3) is 16.1 Å². The molecule has 0 saturated carbocycles. The van der Waals surface area contributed by atoms with Gasteiger partial charge in [-0.05, 0) is 48.0 Å². The summed E-state index contributed by atoms with van der Waals surface area (Å²) < 4.78 is 28.6. The van der Waals surface area contributed by atoms with Gasteiger partial charge in [-0.25, -0.2) is 18.4 Å². The van der Waals surface area contributed by atoms with E-state index in [4.69, 9.17) is 0 Å². The first-order chi connectivity index (χ1) is 13.1. The lowest BCUT2D eigenvalue weighted by Crippen LogP contribution is -2.10. The molecule has 27 heavy (non-hydrogen) atoms. The van der Waals surface area contributed by atoms with Crippen LogP contribution in [0.15, 0.2) is 67.3 Å². The predicted octanol–water partition coefficient (Wildman–Crippen LogP) is 4.53. The normalized spacial score (nSPS) is 10.7. The first-order valence-electron chi connectivity index (χ1n) is 7.92. The second kappa shape index (κ2) is 7.08. The highest BCUT2D eigenvalue weighted by Crippen LogP contribution is 2.29. The summed E-state index contributed by atoms with van der Waals surface area (Å²) in [7, 11) is 0. The van der Waals surface area contributed by atoms with E-state index in [2.05, 4.69) is 15.4 Å². The van der Waals surface area contributed by atoms with Crippen molar-refractivity contribution in [3.05, 3.63) is 83.8 Å². The molecule has 0 atom stereocenters. The summed E-state index contributed by atoms with van der Waals surface area (Å²) in [5.74, 6) is -1.19. The van der Waals surface area contributed by atoms with Gasteiger partial charge in [0.2, 0.25) is 0 Å². The first kappa shape index (κ1) is 17.0. The predicted molar refractivity (Wildman–Crippen MR) is 99.0 cm³/mol. The molecule has 0 unspecified atom stereocenters. The molecular formula is C19H12F2N4OS. The van der Waals surface area contributed by atoms with E-state index >= 15 is 0 Å². The standard InChI is InChI=1S/C19H12F2N4OS/c20-13-3-1-12(2-4-13)17-7-8-18(27-17)19(26)24-14-5-6-16(15(21)9-14)25-11-22-10-23-25/h1-11H,(H,24,26). The number of amides is 1. The maximum absolute atomic E-state index is 14.3. The van der Waals surface area contributed by atoms with Crippen molar-refractivity contribution in [1.29, 1.82) is 0 Å². The number of anilines is 1. The van der Waals surface area contributed by atoms with Gasteiger partial charge in [-0.1, -0.05) is 12.1 Å². The number of rotatable bonds is 4. The van der Waals surface area contributed by atoms with Crippen molar-refractivity contribution in [1.82, 2.24) is 14.8 Å². The Balaban J connectivity index is 1.51. The maximum Gasteiger partial charge on any atom is 0.265 e. The molecule has 0 saturated heterocycles. The van der Waals surface area contributed by atoms with E-state index in [-0.39, 0.29) is 17.4 Å². The number of hydrogen-bond acceptors (Lipinski definition) is 4. The van der Waals surface area contributed by atoms with E-state index in [1.54, 1.807) is 30.3 Å². The smallest absolute Gasteiger partial charge is 0.265 e. The highest BCUT2D eigenvalue weighted by molar-refractivity contribution is 7.17. The number of benzene rings is 2. The number of nitrogens with zero attached hydrogens (tertiary/aromatic N) is 3. The summed E-state index contributed by atoms with van der Waals surface area (Å²) in [6, 6.07) is 13.8. The number of halogens is 2. The number of carbonyl (C=O) groups is 1. The van der Waals surface area contributed by atoms with Gasteiger partial charge in [0.15, 0.2) is 5.82 Å². The molecule has 1 amide bonds. The Bertz CT molecular complexity index is 1090. The molecule has 2 aromatic heterocycles. The van der Waals surface area contributed by atoms with Crippen LogP contribution in [0.4, 0.5) is 14.5 Å². The fourth-order valence-corrected chi connectivity index (χ4v) is 3.43. The molecule has 0 aliphatic carbocycles. The lowest BCUT2D eigenvalue weighted by Gasteiger charge is -2.07. The van der Waals surface area contributed by atoms with Gasteiger partial charge < -0.3 is 5.32 Å². The summed E-state index contributed by atoms with van der Waals surface area (Å²) in [5.41, 5.74) is 1.39.